The second kappa shape index (κ2) is 7.03. The largest absolute Gasteiger partial charge is 0.496 e. The molecule has 2 fully saturated rings. The number of rotatable bonds is 3. The van der Waals surface area contributed by atoms with E-state index in [2.05, 4.69) is 0 Å². The molecule has 152 valence electrons. The molecule has 2 heterocycles. The van der Waals surface area contributed by atoms with E-state index < -0.39 is 21.2 Å². The van der Waals surface area contributed by atoms with Crippen molar-refractivity contribution in [1.82, 2.24) is 4.31 Å². The molecular weight excluding hydrogens is 366 g/mol. The van der Waals surface area contributed by atoms with Crippen molar-refractivity contribution in [2.24, 2.45) is 0 Å². The lowest BCUT2D eigenvalue weighted by molar-refractivity contribution is -0.168. The molecule has 0 amide bonds. The summed E-state index contributed by atoms with van der Waals surface area (Å²) >= 11 is 0. The van der Waals surface area contributed by atoms with E-state index in [4.69, 9.17) is 9.47 Å². The van der Waals surface area contributed by atoms with E-state index in [-0.39, 0.29) is 0 Å². The number of aliphatic hydroxyl groups is 1. The number of nitrogens with zero attached hydrogens (tertiary/aromatic N) is 1. The summed E-state index contributed by atoms with van der Waals surface area (Å²) in [5.41, 5.74) is 1.14. The summed E-state index contributed by atoms with van der Waals surface area (Å²) in [6, 6.07) is 1.79. The highest BCUT2D eigenvalue weighted by Gasteiger charge is 2.46. The molecule has 0 bridgehead atoms. The predicted molar refractivity (Wildman–Crippen MR) is 104 cm³/mol. The van der Waals surface area contributed by atoms with E-state index in [0.717, 1.165) is 11.1 Å². The topological polar surface area (TPSA) is 76.1 Å². The lowest BCUT2D eigenvalue weighted by Gasteiger charge is -2.47. The maximum atomic E-state index is 13.4. The summed E-state index contributed by atoms with van der Waals surface area (Å²) in [4.78, 5) is 0.383. The molecule has 2 aliphatic rings. The van der Waals surface area contributed by atoms with Crippen LogP contribution in [0.1, 0.15) is 49.3 Å². The van der Waals surface area contributed by atoms with Crippen molar-refractivity contribution in [3.8, 4) is 5.75 Å². The molecule has 0 aromatic heterocycles. The Morgan fingerprint density at radius 3 is 2.33 bits per heavy atom. The third-order valence-corrected chi connectivity index (χ3v) is 8.37. The molecule has 1 unspecified atom stereocenters. The molecule has 1 aromatic carbocycles. The van der Waals surface area contributed by atoms with Crippen molar-refractivity contribution in [2.45, 2.75) is 69.5 Å². The van der Waals surface area contributed by atoms with Gasteiger partial charge in [0.1, 0.15) is 5.75 Å². The molecular formula is C20H31NO5S. The number of hydrogen-bond donors (Lipinski definition) is 1. The number of ether oxygens (including phenoxy) is 2. The molecule has 3 rings (SSSR count). The van der Waals surface area contributed by atoms with Crippen molar-refractivity contribution >= 4 is 10.0 Å². The second-order valence-electron chi connectivity index (χ2n) is 8.33. The first kappa shape index (κ1) is 20.6. The highest BCUT2D eigenvalue weighted by molar-refractivity contribution is 7.89. The molecule has 2 saturated heterocycles. The standard InChI is InChI=1S/C20H31NO5S/c1-14-12-17(25-5)15(2)16(3)18(14)27(23,24)21-9-6-20(7-10-21)13-19(4,22)8-11-26-20/h12,22H,6-11,13H2,1-5H3. The molecule has 6 nitrogen and oxygen atoms in total. The van der Waals surface area contributed by atoms with E-state index in [1.165, 1.54) is 0 Å². The van der Waals surface area contributed by atoms with Gasteiger partial charge in [-0.25, -0.2) is 8.42 Å². The molecule has 27 heavy (non-hydrogen) atoms. The van der Waals surface area contributed by atoms with Gasteiger partial charge in [0.25, 0.3) is 0 Å². The first-order valence-electron chi connectivity index (χ1n) is 9.53. The van der Waals surface area contributed by atoms with E-state index in [0.29, 0.717) is 61.6 Å². The van der Waals surface area contributed by atoms with Crippen LogP contribution in [0.25, 0.3) is 0 Å². The Bertz CT molecular complexity index is 823. The average Bonchev–Trinajstić information content (AvgIpc) is 2.57. The zero-order valence-electron chi connectivity index (χ0n) is 17.0. The van der Waals surface area contributed by atoms with E-state index >= 15 is 0 Å². The lowest BCUT2D eigenvalue weighted by atomic mass is 9.78. The Morgan fingerprint density at radius 1 is 1.15 bits per heavy atom. The van der Waals surface area contributed by atoms with Crippen molar-refractivity contribution in [3.05, 3.63) is 22.8 Å². The Kier molecular flexibility index (Phi) is 5.36. The maximum absolute atomic E-state index is 13.4. The summed E-state index contributed by atoms with van der Waals surface area (Å²) < 4.78 is 39.7. The number of hydrogen-bond acceptors (Lipinski definition) is 5. The fourth-order valence-corrected chi connectivity index (χ4v) is 6.46. The van der Waals surface area contributed by atoms with Gasteiger partial charge >= 0.3 is 0 Å². The smallest absolute Gasteiger partial charge is 0.243 e. The van der Waals surface area contributed by atoms with Crippen LogP contribution in [-0.2, 0) is 14.8 Å². The minimum atomic E-state index is -3.60. The summed E-state index contributed by atoms with van der Waals surface area (Å²) in [6.07, 6.45) is 2.40. The van der Waals surface area contributed by atoms with Crippen molar-refractivity contribution < 1.29 is 23.0 Å². The fraction of sp³-hybridized carbons (Fsp3) is 0.700. The van der Waals surface area contributed by atoms with Gasteiger partial charge in [0.05, 0.1) is 29.8 Å². The van der Waals surface area contributed by atoms with Crippen molar-refractivity contribution in [1.29, 1.82) is 0 Å². The minimum Gasteiger partial charge on any atom is -0.496 e. The number of benzene rings is 1. The second-order valence-corrected chi connectivity index (χ2v) is 10.2. The fourth-order valence-electron chi connectivity index (χ4n) is 4.54. The van der Waals surface area contributed by atoms with Crippen LogP contribution in [0.15, 0.2) is 11.0 Å². The number of piperidine rings is 1. The minimum absolute atomic E-state index is 0.383. The summed E-state index contributed by atoms with van der Waals surface area (Å²) in [7, 11) is -2.00. The van der Waals surface area contributed by atoms with Gasteiger partial charge in [-0.1, -0.05) is 0 Å². The monoisotopic (exact) mass is 397 g/mol. The third kappa shape index (κ3) is 3.75. The van der Waals surface area contributed by atoms with Gasteiger partial charge in [-0.2, -0.15) is 4.31 Å². The highest BCUT2D eigenvalue weighted by atomic mass is 32.2. The van der Waals surface area contributed by atoms with Crippen LogP contribution < -0.4 is 4.74 Å². The lowest BCUT2D eigenvalue weighted by Crippen LogP contribution is -2.54. The van der Waals surface area contributed by atoms with Gasteiger partial charge in [-0.3, -0.25) is 0 Å². The van der Waals surface area contributed by atoms with Crippen LogP contribution in [0.5, 0.6) is 5.75 Å². The normalized spacial score (nSPS) is 26.3. The Balaban J connectivity index is 1.85. The van der Waals surface area contributed by atoms with Gasteiger partial charge < -0.3 is 14.6 Å². The van der Waals surface area contributed by atoms with Crippen LogP contribution in [0.2, 0.25) is 0 Å². The SMILES string of the molecule is COc1cc(C)c(S(=O)(=O)N2CCC3(CC2)CC(C)(O)CCO3)c(C)c1C. The maximum Gasteiger partial charge on any atom is 0.243 e. The number of aryl methyl sites for hydroxylation is 1. The summed E-state index contributed by atoms with van der Waals surface area (Å²) in [5.74, 6) is 0.708. The molecule has 7 heteroatoms. The van der Waals surface area contributed by atoms with Crippen molar-refractivity contribution in [3.63, 3.8) is 0 Å². The van der Waals surface area contributed by atoms with Gasteiger partial charge in [-0.15, -0.1) is 0 Å². The summed E-state index contributed by atoms with van der Waals surface area (Å²) in [5, 5.41) is 10.4. The molecule has 1 aromatic rings. The number of methoxy groups -OCH3 is 1. The quantitative estimate of drug-likeness (QED) is 0.849. The Hall–Kier alpha value is -1.15. The van der Waals surface area contributed by atoms with Gasteiger partial charge in [0.15, 0.2) is 0 Å². The predicted octanol–water partition coefficient (Wildman–Crippen LogP) is 2.71. The van der Waals surface area contributed by atoms with Crippen LogP contribution >= 0.6 is 0 Å². The van der Waals surface area contributed by atoms with E-state index in [1.54, 1.807) is 17.5 Å². The van der Waals surface area contributed by atoms with Crippen LogP contribution in [0.3, 0.4) is 0 Å². The molecule has 2 aliphatic heterocycles. The molecule has 0 aliphatic carbocycles. The molecule has 0 saturated carbocycles. The average molecular weight is 398 g/mol. The highest BCUT2D eigenvalue weighted by Crippen LogP contribution is 2.41. The molecule has 0 radical (unpaired) electrons. The number of sulfonamides is 1. The van der Waals surface area contributed by atoms with Crippen LogP contribution in [0.4, 0.5) is 0 Å². The van der Waals surface area contributed by atoms with Gasteiger partial charge in [0, 0.05) is 19.5 Å². The van der Waals surface area contributed by atoms with E-state index in [1.807, 2.05) is 27.7 Å². The Morgan fingerprint density at radius 2 is 1.78 bits per heavy atom. The van der Waals surface area contributed by atoms with E-state index in [9.17, 15) is 13.5 Å². The molecule has 1 atom stereocenters. The first-order chi connectivity index (χ1) is 12.5. The van der Waals surface area contributed by atoms with Crippen LogP contribution in [-0.4, -0.2) is 55.8 Å². The molecule has 1 spiro atoms. The third-order valence-electron chi connectivity index (χ3n) is 6.18. The first-order valence-corrected chi connectivity index (χ1v) is 11.0. The zero-order valence-corrected chi connectivity index (χ0v) is 17.8. The Labute approximate surface area is 162 Å². The van der Waals surface area contributed by atoms with Gasteiger partial charge in [-0.05, 0) is 69.7 Å². The van der Waals surface area contributed by atoms with Crippen LogP contribution in [0, 0.1) is 20.8 Å². The molecule has 1 N–H and O–H groups in total. The van der Waals surface area contributed by atoms with Gasteiger partial charge in [0.2, 0.25) is 10.0 Å². The van der Waals surface area contributed by atoms with Crippen molar-refractivity contribution in [2.75, 3.05) is 26.8 Å². The summed E-state index contributed by atoms with van der Waals surface area (Å²) in [6.45, 7) is 8.71. The zero-order chi connectivity index (χ0) is 20.0.